The SMILES string of the molecule is OCCCCN1CCCCC1CNC1CC1. The molecule has 0 spiro atoms. The van der Waals surface area contributed by atoms with Crippen LogP contribution in [-0.4, -0.2) is 48.3 Å². The lowest BCUT2D eigenvalue weighted by Gasteiger charge is -2.36. The Hall–Kier alpha value is -0.120. The van der Waals surface area contributed by atoms with Crippen molar-refractivity contribution < 1.29 is 5.11 Å². The van der Waals surface area contributed by atoms with Crippen LogP contribution in [0, 0.1) is 0 Å². The highest BCUT2D eigenvalue weighted by molar-refractivity contribution is 4.85. The van der Waals surface area contributed by atoms with E-state index >= 15 is 0 Å². The van der Waals surface area contributed by atoms with Gasteiger partial charge in [-0.2, -0.15) is 0 Å². The van der Waals surface area contributed by atoms with E-state index in [9.17, 15) is 0 Å². The number of piperidine rings is 1. The summed E-state index contributed by atoms with van der Waals surface area (Å²) in [7, 11) is 0. The molecule has 0 amide bonds. The van der Waals surface area contributed by atoms with Crippen molar-refractivity contribution in [2.24, 2.45) is 0 Å². The summed E-state index contributed by atoms with van der Waals surface area (Å²) < 4.78 is 0. The molecule has 2 aliphatic rings. The normalized spacial score (nSPS) is 27.2. The molecular weight excluding hydrogens is 200 g/mol. The molecule has 0 aromatic heterocycles. The molecular formula is C13H26N2O. The summed E-state index contributed by atoms with van der Waals surface area (Å²) >= 11 is 0. The predicted octanol–water partition coefficient (Wildman–Crippen LogP) is 1.37. The van der Waals surface area contributed by atoms with Crippen LogP contribution in [0.4, 0.5) is 0 Å². The summed E-state index contributed by atoms with van der Waals surface area (Å²) in [6, 6.07) is 1.59. The van der Waals surface area contributed by atoms with Crippen molar-refractivity contribution in [2.45, 2.75) is 57.0 Å². The van der Waals surface area contributed by atoms with E-state index in [0.29, 0.717) is 6.61 Å². The van der Waals surface area contributed by atoms with Crippen LogP contribution < -0.4 is 5.32 Å². The quantitative estimate of drug-likeness (QED) is 0.644. The minimum absolute atomic E-state index is 0.346. The number of nitrogens with zero attached hydrogens (tertiary/aromatic N) is 1. The molecule has 1 unspecified atom stereocenters. The van der Waals surface area contributed by atoms with Gasteiger partial charge in [0.15, 0.2) is 0 Å². The van der Waals surface area contributed by atoms with Crippen LogP contribution in [-0.2, 0) is 0 Å². The Morgan fingerprint density at radius 2 is 2.00 bits per heavy atom. The second-order valence-electron chi connectivity index (χ2n) is 5.30. The van der Waals surface area contributed by atoms with Crippen LogP contribution in [0.2, 0.25) is 0 Å². The minimum Gasteiger partial charge on any atom is -0.396 e. The molecule has 2 rings (SSSR count). The summed E-state index contributed by atoms with van der Waals surface area (Å²) in [5.74, 6) is 0. The Balaban J connectivity index is 1.67. The molecule has 1 atom stereocenters. The highest BCUT2D eigenvalue weighted by Gasteiger charge is 2.25. The smallest absolute Gasteiger partial charge is 0.0431 e. The summed E-state index contributed by atoms with van der Waals surface area (Å²) in [5.41, 5.74) is 0. The highest BCUT2D eigenvalue weighted by atomic mass is 16.2. The van der Waals surface area contributed by atoms with E-state index in [2.05, 4.69) is 10.2 Å². The van der Waals surface area contributed by atoms with E-state index in [4.69, 9.17) is 5.11 Å². The van der Waals surface area contributed by atoms with E-state index < -0.39 is 0 Å². The van der Waals surface area contributed by atoms with Gasteiger partial charge in [0.2, 0.25) is 0 Å². The van der Waals surface area contributed by atoms with Crippen molar-refractivity contribution >= 4 is 0 Å². The van der Waals surface area contributed by atoms with Gasteiger partial charge in [-0.15, -0.1) is 0 Å². The van der Waals surface area contributed by atoms with Crippen LogP contribution in [0.3, 0.4) is 0 Å². The molecule has 3 heteroatoms. The molecule has 1 saturated carbocycles. The average Bonchev–Trinajstić information content (AvgIpc) is 3.12. The first-order valence-corrected chi connectivity index (χ1v) is 6.98. The number of nitrogens with one attached hydrogen (secondary N) is 1. The van der Waals surface area contributed by atoms with Gasteiger partial charge >= 0.3 is 0 Å². The molecule has 0 bridgehead atoms. The zero-order valence-electron chi connectivity index (χ0n) is 10.3. The van der Waals surface area contributed by atoms with Gasteiger partial charge < -0.3 is 10.4 Å². The largest absolute Gasteiger partial charge is 0.396 e. The monoisotopic (exact) mass is 226 g/mol. The van der Waals surface area contributed by atoms with Gasteiger partial charge in [0.05, 0.1) is 0 Å². The molecule has 2 fully saturated rings. The zero-order chi connectivity index (χ0) is 11.2. The molecule has 2 N–H and O–H groups in total. The van der Waals surface area contributed by atoms with Crippen LogP contribution in [0.5, 0.6) is 0 Å². The molecule has 0 aromatic rings. The van der Waals surface area contributed by atoms with Gasteiger partial charge in [-0.1, -0.05) is 6.42 Å². The third kappa shape index (κ3) is 4.04. The van der Waals surface area contributed by atoms with E-state index in [-0.39, 0.29) is 0 Å². The van der Waals surface area contributed by atoms with Crippen LogP contribution in [0.15, 0.2) is 0 Å². The second kappa shape index (κ2) is 6.58. The number of likely N-dealkylation sites (tertiary alicyclic amines) is 1. The average molecular weight is 226 g/mol. The predicted molar refractivity (Wildman–Crippen MR) is 66.6 cm³/mol. The standard InChI is InChI=1S/C13H26N2O/c16-10-4-3-9-15-8-2-1-5-13(15)11-14-12-6-7-12/h12-14,16H,1-11H2. The maximum Gasteiger partial charge on any atom is 0.0431 e. The lowest BCUT2D eigenvalue weighted by atomic mass is 10.0. The third-order valence-electron chi connectivity index (χ3n) is 3.82. The molecule has 1 heterocycles. The van der Waals surface area contributed by atoms with Gasteiger partial charge in [-0.05, 0) is 51.6 Å². The molecule has 1 saturated heterocycles. The Kier molecular flexibility index (Phi) is 5.07. The summed E-state index contributed by atoms with van der Waals surface area (Å²) in [5, 5.41) is 12.5. The zero-order valence-corrected chi connectivity index (χ0v) is 10.3. The summed E-state index contributed by atoms with van der Waals surface area (Å²) in [6.45, 7) is 3.97. The number of hydrogen-bond donors (Lipinski definition) is 2. The van der Waals surface area contributed by atoms with Gasteiger partial charge in [-0.25, -0.2) is 0 Å². The first-order valence-electron chi connectivity index (χ1n) is 6.98. The summed E-state index contributed by atoms with van der Waals surface area (Å²) in [4.78, 5) is 2.63. The van der Waals surface area contributed by atoms with E-state index in [1.54, 1.807) is 0 Å². The number of aliphatic hydroxyl groups is 1. The highest BCUT2D eigenvalue weighted by Crippen LogP contribution is 2.21. The lowest BCUT2D eigenvalue weighted by molar-refractivity contribution is 0.139. The fourth-order valence-corrected chi connectivity index (χ4v) is 2.60. The van der Waals surface area contributed by atoms with Crippen molar-refractivity contribution in [1.29, 1.82) is 0 Å². The Labute approximate surface area is 99.2 Å². The van der Waals surface area contributed by atoms with Gasteiger partial charge in [0.1, 0.15) is 0 Å². The van der Waals surface area contributed by atoms with Crippen LogP contribution in [0.1, 0.15) is 44.9 Å². The fraction of sp³-hybridized carbons (Fsp3) is 1.00. The maximum absolute atomic E-state index is 8.82. The molecule has 0 aromatic carbocycles. The van der Waals surface area contributed by atoms with Crippen molar-refractivity contribution in [1.82, 2.24) is 10.2 Å². The van der Waals surface area contributed by atoms with Crippen molar-refractivity contribution in [3.05, 3.63) is 0 Å². The molecule has 94 valence electrons. The molecule has 1 aliphatic carbocycles. The topological polar surface area (TPSA) is 35.5 Å². The first kappa shape index (κ1) is 12.3. The third-order valence-corrected chi connectivity index (χ3v) is 3.82. The Bertz CT molecular complexity index is 194. The van der Waals surface area contributed by atoms with E-state index in [1.807, 2.05) is 0 Å². The van der Waals surface area contributed by atoms with Gasteiger partial charge in [0.25, 0.3) is 0 Å². The Morgan fingerprint density at radius 1 is 1.12 bits per heavy atom. The van der Waals surface area contributed by atoms with Gasteiger partial charge in [-0.3, -0.25) is 4.90 Å². The number of aliphatic hydroxyl groups excluding tert-OH is 1. The lowest BCUT2D eigenvalue weighted by Crippen LogP contribution is -2.46. The number of unbranched alkanes of at least 4 members (excludes halogenated alkanes) is 1. The van der Waals surface area contributed by atoms with Crippen molar-refractivity contribution in [3.8, 4) is 0 Å². The minimum atomic E-state index is 0.346. The maximum atomic E-state index is 8.82. The summed E-state index contributed by atoms with van der Waals surface area (Å²) in [6.07, 6.45) is 9.00. The first-order chi connectivity index (χ1) is 7.90. The van der Waals surface area contributed by atoms with Crippen LogP contribution >= 0.6 is 0 Å². The van der Waals surface area contributed by atoms with E-state index in [1.165, 1.54) is 51.7 Å². The number of rotatable bonds is 7. The van der Waals surface area contributed by atoms with E-state index in [0.717, 1.165) is 24.9 Å². The van der Waals surface area contributed by atoms with Crippen molar-refractivity contribution in [3.63, 3.8) is 0 Å². The molecule has 16 heavy (non-hydrogen) atoms. The Morgan fingerprint density at radius 3 is 2.75 bits per heavy atom. The molecule has 3 nitrogen and oxygen atoms in total. The van der Waals surface area contributed by atoms with Crippen LogP contribution in [0.25, 0.3) is 0 Å². The number of hydrogen-bond acceptors (Lipinski definition) is 3. The molecule has 0 radical (unpaired) electrons. The van der Waals surface area contributed by atoms with Crippen molar-refractivity contribution in [2.75, 3.05) is 26.2 Å². The molecule has 1 aliphatic heterocycles. The van der Waals surface area contributed by atoms with Gasteiger partial charge in [0, 0.05) is 25.2 Å². The second-order valence-corrected chi connectivity index (χ2v) is 5.30. The fourth-order valence-electron chi connectivity index (χ4n) is 2.60.